The van der Waals surface area contributed by atoms with Gasteiger partial charge in [-0.25, -0.2) is 0 Å². The third-order valence-corrected chi connectivity index (χ3v) is 5.85. The van der Waals surface area contributed by atoms with Crippen LogP contribution in [0.25, 0.3) is 0 Å². The van der Waals surface area contributed by atoms with Crippen LogP contribution in [0.4, 0.5) is 0 Å². The molecular weight excluding hydrogens is 372 g/mol. The fourth-order valence-corrected chi connectivity index (χ4v) is 3.96. The summed E-state index contributed by atoms with van der Waals surface area (Å²) in [5.41, 5.74) is 3.29. The van der Waals surface area contributed by atoms with E-state index in [9.17, 15) is 4.79 Å². The van der Waals surface area contributed by atoms with Crippen molar-refractivity contribution in [1.82, 2.24) is 10.2 Å². The Hall–Kier alpha value is -2.04. The predicted octanol–water partition coefficient (Wildman–Crippen LogP) is 4.68. The molecule has 0 aromatic heterocycles. The first-order valence-corrected chi connectivity index (χ1v) is 10.4. The van der Waals surface area contributed by atoms with Gasteiger partial charge in [-0.15, -0.1) is 0 Å². The Morgan fingerprint density at radius 1 is 1.11 bits per heavy atom. The van der Waals surface area contributed by atoms with Crippen LogP contribution in [-0.4, -0.2) is 37.0 Å². The molecule has 2 aromatic rings. The minimum atomic E-state index is -0.116. The van der Waals surface area contributed by atoms with Crippen LogP contribution in [0, 0.1) is 13.8 Å². The monoisotopic (exact) mass is 400 g/mol. The van der Waals surface area contributed by atoms with Gasteiger partial charge in [-0.3, -0.25) is 9.69 Å². The minimum absolute atomic E-state index is 0.0134. The van der Waals surface area contributed by atoms with Gasteiger partial charge in [0.05, 0.1) is 6.04 Å². The second-order valence-corrected chi connectivity index (χ2v) is 7.83. The SMILES string of the molecule is Cc1cccc(OCC(=O)NC[C@@H](c2ccccc2Cl)N2CCCCC2)c1C. The first-order chi connectivity index (χ1) is 13.6. The topological polar surface area (TPSA) is 41.6 Å². The number of halogens is 1. The van der Waals surface area contributed by atoms with Crippen LogP contribution in [0.15, 0.2) is 42.5 Å². The van der Waals surface area contributed by atoms with Gasteiger partial charge in [-0.1, -0.05) is 48.4 Å². The number of carbonyl (C=O) groups excluding carboxylic acids is 1. The summed E-state index contributed by atoms with van der Waals surface area (Å²) >= 11 is 6.46. The van der Waals surface area contributed by atoms with Gasteiger partial charge < -0.3 is 10.1 Å². The highest BCUT2D eigenvalue weighted by atomic mass is 35.5. The van der Waals surface area contributed by atoms with Crippen molar-refractivity contribution in [2.75, 3.05) is 26.2 Å². The summed E-state index contributed by atoms with van der Waals surface area (Å²) in [5, 5.41) is 3.79. The Kier molecular flexibility index (Phi) is 7.35. The zero-order chi connectivity index (χ0) is 19.9. The Labute approximate surface area is 172 Å². The Bertz CT molecular complexity index is 803. The van der Waals surface area contributed by atoms with Crippen LogP contribution in [0.2, 0.25) is 5.02 Å². The predicted molar refractivity (Wildman–Crippen MR) is 114 cm³/mol. The van der Waals surface area contributed by atoms with Gasteiger partial charge in [0.1, 0.15) is 5.75 Å². The maximum absolute atomic E-state index is 12.4. The lowest BCUT2D eigenvalue weighted by Crippen LogP contribution is -2.41. The Balaban J connectivity index is 1.62. The van der Waals surface area contributed by atoms with Crippen LogP contribution in [0.3, 0.4) is 0 Å². The van der Waals surface area contributed by atoms with E-state index in [2.05, 4.69) is 16.3 Å². The van der Waals surface area contributed by atoms with Crippen LogP contribution < -0.4 is 10.1 Å². The number of hydrogen-bond donors (Lipinski definition) is 1. The summed E-state index contributed by atoms with van der Waals surface area (Å²) in [6, 6.07) is 13.9. The summed E-state index contributed by atoms with van der Waals surface area (Å²) in [7, 11) is 0. The lowest BCUT2D eigenvalue weighted by atomic mass is 10.0. The normalized spacial score (nSPS) is 15.8. The van der Waals surface area contributed by atoms with Crippen molar-refractivity contribution in [3.63, 3.8) is 0 Å². The zero-order valence-electron chi connectivity index (χ0n) is 16.7. The van der Waals surface area contributed by atoms with Crippen molar-refractivity contribution in [1.29, 1.82) is 0 Å². The zero-order valence-corrected chi connectivity index (χ0v) is 17.5. The molecule has 0 bridgehead atoms. The number of carbonyl (C=O) groups is 1. The standard InChI is InChI=1S/C23H29ClN2O2/c1-17-9-8-12-22(18(17)2)28-16-23(27)25-15-21(26-13-6-3-7-14-26)19-10-4-5-11-20(19)24/h4-5,8-12,21H,3,6-7,13-16H2,1-2H3,(H,25,27)/t21-/m0/s1. The van der Waals surface area contributed by atoms with Gasteiger partial charge >= 0.3 is 0 Å². The van der Waals surface area contributed by atoms with Crippen molar-refractivity contribution >= 4 is 17.5 Å². The summed E-state index contributed by atoms with van der Waals surface area (Å²) in [5.74, 6) is 0.642. The molecule has 1 saturated heterocycles. The van der Waals surface area contributed by atoms with E-state index in [1.165, 1.54) is 19.3 Å². The number of ether oxygens (including phenoxy) is 1. The van der Waals surface area contributed by atoms with Crippen LogP contribution in [0.5, 0.6) is 5.75 Å². The van der Waals surface area contributed by atoms with E-state index in [0.29, 0.717) is 6.54 Å². The number of amides is 1. The van der Waals surface area contributed by atoms with E-state index in [4.69, 9.17) is 16.3 Å². The van der Waals surface area contributed by atoms with Crippen molar-refractivity contribution in [3.8, 4) is 5.75 Å². The summed E-state index contributed by atoms with van der Waals surface area (Å²) in [6.45, 7) is 6.65. The number of nitrogens with zero attached hydrogens (tertiary/aromatic N) is 1. The molecule has 150 valence electrons. The van der Waals surface area contributed by atoms with Gasteiger partial charge in [0, 0.05) is 11.6 Å². The fraction of sp³-hybridized carbons (Fsp3) is 0.435. The highest BCUT2D eigenvalue weighted by molar-refractivity contribution is 6.31. The second-order valence-electron chi connectivity index (χ2n) is 7.42. The molecule has 0 aliphatic carbocycles. The molecule has 0 spiro atoms. The van der Waals surface area contributed by atoms with Crippen molar-refractivity contribution in [2.24, 2.45) is 0 Å². The maximum atomic E-state index is 12.4. The molecule has 1 heterocycles. The molecule has 1 aliphatic rings. The van der Waals surface area contributed by atoms with Crippen molar-refractivity contribution in [2.45, 2.75) is 39.2 Å². The van der Waals surface area contributed by atoms with Gasteiger partial charge in [-0.05, 0) is 68.6 Å². The number of aryl methyl sites for hydroxylation is 1. The molecule has 0 radical (unpaired) electrons. The van der Waals surface area contributed by atoms with Gasteiger partial charge in [0.25, 0.3) is 5.91 Å². The number of nitrogens with one attached hydrogen (secondary N) is 1. The van der Waals surface area contributed by atoms with Gasteiger partial charge in [-0.2, -0.15) is 0 Å². The molecule has 1 fully saturated rings. The average Bonchev–Trinajstić information content (AvgIpc) is 2.71. The van der Waals surface area contributed by atoms with E-state index in [1.54, 1.807) is 0 Å². The van der Waals surface area contributed by atoms with Crippen LogP contribution in [0.1, 0.15) is 42.0 Å². The van der Waals surface area contributed by atoms with Gasteiger partial charge in [0.2, 0.25) is 0 Å². The minimum Gasteiger partial charge on any atom is -0.483 e. The smallest absolute Gasteiger partial charge is 0.258 e. The van der Waals surface area contributed by atoms with E-state index >= 15 is 0 Å². The number of piperidine rings is 1. The fourth-order valence-electron chi connectivity index (χ4n) is 3.70. The molecule has 28 heavy (non-hydrogen) atoms. The Morgan fingerprint density at radius 2 is 1.86 bits per heavy atom. The summed E-state index contributed by atoms with van der Waals surface area (Å²) in [4.78, 5) is 14.9. The van der Waals surface area contributed by atoms with Gasteiger partial charge in [0.15, 0.2) is 6.61 Å². The number of benzene rings is 2. The van der Waals surface area contributed by atoms with E-state index in [1.807, 2.05) is 50.2 Å². The molecular formula is C23H29ClN2O2. The molecule has 2 aromatic carbocycles. The maximum Gasteiger partial charge on any atom is 0.258 e. The molecule has 4 nitrogen and oxygen atoms in total. The average molecular weight is 401 g/mol. The molecule has 1 aliphatic heterocycles. The first kappa shape index (κ1) is 20.7. The summed E-state index contributed by atoms with van der Waals surface area (Å²) < 4.78 is 5.73. The molecule has 0 unspecified atom stereocenters. The van der Waals surface area contributed by atoms with Crippen LogP contribution >= 0.6 is 11.6 Å². The lowest BCUT2D eigenvalue weighted by molar-refractivity contribution is -0.123. The molecule has 0 saturated carbocycles. The highest BCUT2D eigenvalue weighted by Crippen LogP contribution is 2.29. The van der Waals surface area contributed by atoms with Crippen molar-refractivity contribution in [3.05, 3.63) is 64.2 Å². The number of rotatable bonds is 7. The largest absolute Gasteiger partial charge is 0.483 e. The second kappa shape index (κ2) is 9.94. The molecule has 1 atom stereocenters. The van der Waals surface area contributed by atoms with E-state index < -0.39 is 0 Å². The first-order valence-electron chi connectivity index (χ1n) is 10.0. The molecule has 3 rings (SSSR count). The molecule has 1 amide bonds. The Morgan fingerprint density at radius 3 is 2.61 bits per heavy atom. The van der Waals surface area contributed by atoms with Crippen molar-refractivity contribution < 1.29 is 9.53 Å². The quantitative estimate of drug-likeness (QED) is 0.733. The van der Waals surface area contributed by atoms with E-state index in [0.717, 1.165) is 40.6 Å². The third kappa shape index (κ3) is 5.27. The lowest BCUT2D eigenvalue weighted by Gasteiger charge is -2.35. The number of hydrogen-bond acceptors (Lipinski definition) is 3. The van der Waals surface area contributed by atoms with Crippen LogP contribution in [-0.2, 0) is 4.79 Å². The molecule has 5 heteroatoms. The third-order valence-electron chi connectivity index (χ3n) is 5.50. The summed E-state index contributed by atoms with van der Waals surface area (Å²) in [6.07, 6.45) is 3.64. The molecule has 1 N–H and O–H groups in total. The van der Waals surface area contributed by atoms with E-state index in [-0.39, 0.29) is 18.6 Å². The highest BCUT2D eigenvalue weighted by Gasteiger charge is 2.24. The number of likely N-dealkylation sites (tertiary alicyclic amines) is 1.